The van der Waals surface area contributed by atoms with Crippen LogP contribution in [0.25, 0.3) is 5.69 Å². The molecule has 2 aromatic carbocycles. The summed E-state index contributed by atoms with van der Waals surface area (Å²) < 4.78 is 18.7. The van der Waals surface area contributed by atoms with Crippen LogP contribution in [0.4, 0.5) is 0 Å². The van der Waals surface area contributed by atoms with Crippen molar-refractivity contribution in [3.05, 3.63) is 76.8 Å². The molecule has 5 rings (SSSR count). The van der Waals surface area contributed by atoms with Crippen molar-refractivity contribution in [1.82, 2.24) is 9.78 Å². The molecule has 0 bridgehead atoms. The molecular weight excluding hydrogens is 380 g/mol. The highest BCUT2D eigenvalue weighted by atomic mass is 16.7. The van der Waals surface area contributed by atoms with E-state index in [0.29, 0.717) is 23.0 Å². The number of hydrogen-bond donors (Lipinski definition) is 1. The van der Waals surface area contributed by atoms with Gasteiger partial charge in [0.25, 0.3) is 0 Å². The van der Waals surface area contributed by atoms with Crippen molar-refractivity contribution in [1.29, 1.82) is 5.26 Å². The first-order chi connectivity index (χ1) is 14.7. The molecule has 3 aromatic rings. The molecule has 0 saturated carbocycles. The van der Waals surface area contributed by atoms with Crippen LogP contribution in [-0.2, 0) is 6.42 Å². The monoisotopic (exact) mass is 400 g/mol. The Balaban J connectivity index is 1.74. The fourth-order valence-corrected chi connectivity index (χ4v) is 4.00. The number of aromatic nitrogens is 2. The Morgan fingerprint density at radius 3 is 2.73 bits per heavy atom. The van der Waals surface area contributed by atoms with E-state index in [-0.39, 0.29) is 12.7 Å². The summed E-state index contributed by atoms with van der Waals surface area (Å²) >= 11 is 0. The third kappa shape index (κ3) is 2.77. The number of benzene rings is 2. The maximum absolute atomic E-state index is 9.91. The molecule has 0 radical (unpaired) electrons. The lowest BCUT2D eigenvalue weighted by Gasteiger charge is -2.25. The molecule has 0 saturated heterocycles. The molecule has 1 unspecified atom stereocenters. The van der Waals surface area contributed by atoms with Gasteiger partial charge in [0.2, 0.25) is 18.6 Å². The normalized spacial score (nSPS) is 16.7. The van der Waals surface area contributed by atoms with E-state index in [1.54, 1.807) is 4.68 Å². The Kier molecular flexibility index (Phi) is 4.32. The second kappa shape index (κ2) is 7.16. The lowest BCUT2D eigenvalue weighted by Crippen LogP contribution is -2.22. The second-order valence-corrected chi connectivity index (χ2v) is 7.20. The molecule has 7 heteroatoms. The summed E-state index contributed by atoms with van der Waals surface area (Å²) in [5, 5.41) is 14.8. The van der Waals surface area contributed by atoms with Crippen molar-refractivity contribution < 1.29 is 14.2 Å². The van der Waals surface area contributed by atoms with Gasteiger partial charge in [-0.1, -0.05) is 37.6 Å². The highest BCUT2D eigenvalue weighted by Gasteiger charge is 2.37. The van der Waals surface area contributed by atoms with Gasteiger partial charge < -0.3 is 19.9 Å². The minimum Gasteiger partial charge on any atom is -0.454 e. The molecule has 0 fully saturated rings. The first-order valence-corrected chi connectivity index (χ1v) is 9.85. The number of ether oxygens (including phenoxy) is 3. The van der Waals surface area contributed by atoms with Crippen LogP contribution in [0, 0.1) is 11.3 Å². The molecule has 7 nitrogen and oxygen atoms in total. The Morgan fingerprint density at radius 2 is 1.97 bits per heavy atom. The van der Waals surface area contributed by atoms with E-state index in [2.05, 4.69) is 13.0 Å². The Hall–Kier alpha value is -3.92. The molecule has 0 amide bonds. The zero-order chi connectivity index (χ0) is 20.7. The summed E-state index contributed by atoms with van der Waals surface area (Å²) in [5.74, 6) is 1.59. The van der Waals surface area contributed by atoms with Crippen molar-refractivity contribution >= 4 is 0 Å². The molecule has 1 atom stereocenters. The molecular formula is C23H20N4O3. The molecule has 1 aromatic heterocycles. The molecule has 30 heavy (non-hydrogen) atoms. The van der Waals surface area contributed by atoms with Gasteiger partial charge in [0.1, 0.15) is 11.6 Å². The SMILES string of the molecule is CCCc1nn(-c2ccccc2)c2c1C(c1ccc3c(c1)OCO3)C(C#N)=C(N)O2. The molecule has 0 aliphatic carbocycles. The molecule has 0 spiro atoms. The topological polar surface area (TPSA) is 95.3 Å². The van der Waals surface area contributed by atoms with E-state index in [0.717, 1.165) is 35.3 Å². The summed E-state index contributed by atoms with van der Waals surface area (Å²) in [6, 6.07) is 17.7. The minimum absolute atomic E-state index is 0.0906. The van der Waals surface area contributed by atoms with E-state index in [9.17, 15) is 5.26 Å². The predicted octanol–water partition coefficient (Wildman–Crippen LogP) is 3.77. The summed E-state index contributed by atoms with van der Waals surface area (Å²) in [7, 11) is 0. The average molecular weight is 400 g/mol. The first-order valence-electron chi connectivity index (χ1n) is 9.85. The highest BCUT2D eigenvalue weighted by molar-refractivity contribution is 5.59. The van der Waals surface area contributed by atoms with Crippen LogP contribution in [0.3, 0.4) is 0 Å². The Bertz CT molecular complexity index is 1190. The second-order valence-electron chi connectivity index (χ2n) is 7.20. The number of allylic oxidation sites excluding steroid dienone is 1. The zero-order valence-electron chi connectivity index (χ0n) is 16.5. The number of aryl methyl sites for hydroxylation is 1. The fourth-order valence-electron chi connectivity index (χ4n) is 4.00. The maximum Gasteiger partial charge on any atom is 0.231 e. The molecule has 3 heterocycles. The predicted molar refractivity (Wildman–Crippen MR) is 109 cm³/mol. The quantitative estimate of drug-likeness (QED) is 0.716. The summed E-state index contributed by atoms with van der Waals surface area (Å²) in [6.07, 6.45) is 1.67. The summed E-state index contributed by atoms with van der Waals surface area (Å²) in [4.78, 5) is 0. The Morgan fingerprint density at radius 1 is 1.17 bits per heavy atom. The summed E-state index contributed by atoms with van der Waals surface area (Å²) in [6.45, 7) is 2.29. The van der Waals surface area contributed by atoms with Crippen LogP contribution >= 0.6 is 0 Å². The van der Waals surface area contributed by atoms with Gasteiger partial charge in [-0.15, -0.1) is 0 Å². The number of nitriles is 1. The van der Waals surface area contributed by atoms with Crippen LogP contribution in [0.1, 0.15) is 36.1 Å². The van der Waals surface area contributed by atoms with Crippen molar-refractivity contribution in [2.24, 2.45) is 5.73 Å². The number of nitrogens with two attached hydrogens (primary N) is 1. The van der Waals surface area contributed by atoms with E-state index < -0.39 is 5.92 Å². The lowest BCUT2D eigenvalue weighted by molar-refractivity contribution is 0.174. The number of nitrogens with zero attached hydrogens (tertiary/aromatic N) is 3. The smallest absolute Gasteiger partial charge is 0.231 e. The van der Waals surface area contributed by atoms with Gasteiger partial charge in [-0.2, -0.15) is 10.4 Å². The number of hydrogen-bond acceptors (Lipinski definition) is 6. The average Bonchev–Trinajstić information content (AvgIpc) is 3.38. The van der Waals surface area contributed by atoms with Gasteiger partial charge in [0.05, 0.1) is 22.9 Å². The van der Waals surface area contributed by atoms with E-state index >= 15 is 0 Å². The van der Waals surface area contributed by atoms with Crippen molar-refractivity contribution in [2.75, 3.05) is 6.79 Å². The van der Waals surface area contributed by atoms with Crippen LogP contribution < -0.4 is 19.9 Å². The maximum atomic E-state index is 9.91. The third-order valence-corrected chi connectivity index (χ3v) is 5.34. The first kappa shape index (κ1) is 18.1. The van der Waals surface area contributed by atoms with Crippen molar-refractivity contribution in [3.8, 4) is 29.1 Å². The molecule has 150 valence electrons. The van der Waals surface area contributed by atoms with Gasteiger partial charge in [0, 0.05) is 0 Å². The van der Waals surface area contributed by atoms with Crippen molar-refractivity contribution in [3.63, 3.8) is 0 Å². The van der Waals surface area contributed by atoms with Crippen LogP contribution in [0.2, 0.25) is 0 Å². The van der Waals surface area contributed by atoms with Gasteiger partial charge in [-0.3, -0.25) is 0 Å². The van der Waals surface area contributed by atoms with Crippen LogP contribution in [0.5, 0.6) is 17.4 Å². The van der Waals surface area contributed by atoms with Gasteiger partial charge in [-0.25, -0.2) is 4.68 Å². The van der Waals surface area contributed by atoms with Crippen molar-refractivity contribution in [2.45, 2.75) is 25.7 Å². The molecule has 2 aliphatic heterocycles. The molecule has 2 aliphatic rings. The number of fused-ring (bicyclic) bond motifs is 2. The van der Waals surface area contributed by atoms with Gasteiger partial charge in [-0.05, 0) is 36.2 Å². The number of para-hydroxylation sites is 1. The summed E-state index contributed by atoms with van der Waals surface area (Å²) in [5.41, 5.74) is 10.1. The van der Waals surface area contributed by atoms with E-state index in [1.807, 2.05) is 48.5 Å². The third-order valence-electron chi connectivity index (χ3n) is 5.34. The lowest BCUT2D eigenvalue weighted by atomic mass is 9.83. The van der Waals surface area contributed by atoms with Crippen LogP contribution in [-0.4, -0.2) is 16.6 Å². The largest absolute Gasteiger partial charge is 0.454 e. The van der Waals surface area contributed by atoms with Gasteiger partial charge >= 0.3 is 0 Å². The zero-order valence-corrected chi connectivity index (χ0v) is 16.5. The van der Waals surface area contributed by atoms with Gasteiger partial charge in [0.15, 0.2) is 11.5 Å². The highest BCUT2D eigenvalue weighted by Crippen LogP contribution is 2.47. The minimum atomic E-state index is -0.396. The fraction of sp³-hybridized carbons (Fsp3) is 0.217. The van der Waals surface area contributed by atoms with Crippen LogP contribution in [0.15, 0.2) is 60.0 Å². The number of rotatable bonds is 4. The van der Waals surface area contributed by atoms with E-state index in [1.165, 1.54) is 0 Å². The van der Waals surface area contributed by atoms with E-state index in [4.69, 9.17) is 25.0 Å². The molecule has 2 N–H and O–H groups in total. The Labute approximate surface area is 173 Å². The standard InChI is InChI=1S/C23H20N4O3/c1-2-6-17-21-20(14-9-10-18-19(11-14)29-13-28-18)16(12-24)22(25)30-23(21)27(26-17)15-7-4-3-5-8-15/h3-5,7-11,20H,2,6,13,25H2,1H3.